The Hall–Kier alpha value is -1.53. The molecule has 2 rings (SSSR count). The van der Waals surface area contributed by atoms with E-state index in [1.807, 2.05) is 4.90 Å². The van der Waals surface area contributed by atoms with E-state index in [-0.39, 0.29) is 0 Å². The van der Waals surface area contributed by atoms with Gasteiger partial charge < -0.3 is 9.47 Å². The Kier molecular flexibility index (Phi) is 4.44. The Morgan fingerprint density at radius 1 is 1.47 bits per heavy atom. The lowest BCUT2D eigenvalue weighted by atomic mass is 10.2. The van der Waals surface area contributed by atoms with Crippen molar-refractivity contribution < 1.29 is 23.0 Å². The summed E-state index contributed by atoms with van der Waals surface area (Å²) in [5.74, 6) is -2.15. The number of nitrogens with zero attached hydrogens (tertiary/aromatic N) is 1. The molecule has 1 atom stereocenters. The lowest BCUT2D eigenvalue weighted by Crippen LogP contribution is -2.46. The summed E-state index contributed by atoms with van der Waals surface area (Å²) in [6.45, 7) is 1.86. The average Bonchev–Trinajstić information content (AvgIpc) is 2.42. The maximum Gasteiger partial charge on any atom is 0.336 e. The summed E-state index contributed by atoms with van der Waals surface area (Å²) < 4.78 is 35.8. The molecule has 0 N–H and O–H groups in total. The van der Waals surface area contributed by atoms with Crippen molar-refractivity contribution in [2.45, 2.75) is 12.6 Å². The summed E-state index contributed by atoms with van der Waals surface area (Å²) in [5, 5.41) is 0. The zero-order valence-electron chi connectivity index (χ0n) is 10.6. The number of hydrogen-bond acceptors (Lipinski definition) is 4. The highest BCUT2D eigenvalue weighted by molar-refractivity contribution is 5.74. The number of carbonyl (C=O) groups excluding carboxylic acids is 1. The van der Waals surface area contributed by atoms with Crippen LogP contribution in [0.1, 0.15) is 5.56 Å². The smallest absolute Gasteiger partial charge is 0.336 e. The first kappa shape index (κ1) is 13.9. The minimum atomic E-state index is -0.865. The summed E-state index contributed by atoms with van der Waals surface area (Å²) in [6.07, 6.45) is -0.621. The van der Waals surface area contributed by atoms with Crippen LogP contribution in [0.5, 0.6) is 0 Å². The van der Waals surface area contributed by atoms with Crippen LogP contribution >= 0.6 is 0 Å². The van der Waals surface area contributed by atoms with Gasteiger partial charge in [0.15, 0.2) is 17.7 Å². The van der Waals surface area contributed by atoms with Crippen molar-refractivity contribution in [3.8, 4) is 0 Å². The highest BCUT2D eigenvalue weighted by atomic mass is 19.2. The predicted octanol–water partition coefficient (Wildman–Crippen LogP) is 1.34. The molecule has 1 aliphatic rings. The lowest BCUT2D eigenvalue weighted by Gasteiger charge is -2.31. The molecule has 1 heterocycles. The number of morpholine rings is 1. The number of esters is 1. The number of ether oxygens (including phenoxy) is 2. The van der Waals surface area contributed by atoms with E-state index in [0.29, 0.717) is 31.8 Å². The van der Waals surface area contributed by atoms with Gasteiger partial charge in [0.25, 0.3) is 0 Å². The maximum atomic E-state index is 13.1. The number of rotatable bonds is 3. The molecule has 0 spiro atoms. The van der Waals surface area contributed by atoms with Crippen molar-refractivity contribution in [2.24, 2.45) is 0 Å². The summed E-state index contributed by atoms with van der Waals surface area (Å²) >= 11 is 0. The first-order chi connectivity index (χ1) is 9.10. The Morgan fingerprint density at radius 2 is 2.26 bits per heavy atom. The molecule has 104 valence electrons. The highest BCUT2D eigenvalue weighted by Crippen LogP contribution is 2.14. The molecule has 1 aliphatic heterocycles. The monoisotopic (exact) mass is 271 g/mol. The van der Waals surface area contributed by atoms with Crippen molar-refractivity contribution in [3.63, 3.8) is 0 Å². The van der Waals surface area contributed by atoms with E-state index in [1.165, 1.54) is 13.2 Å². The minimum absolute atomic E-state index is 0.381. The van der Waals surface area contributed by atoms with Gasteiger partial charge in [0.1, 0.15) is 0 Å². The van der Waals surface area contributed by atoms with Gasteiger partial charge >= 0.3 is 5.97 Å². The molecule has 4 nitrogen and oxygen atoms in total. The fourth-order valence-corrected chi connectivity index (χ4v) is 2.02. The number of benzene rings is 1. The molecule has 19 heavy (non-hydrogen) atoms. The van der Waals surface area contributed by atoms with Crippen LogP contribution in [0.3, 0.4) is 0 Å². The zero-order chi connectivity index (χ0) is 13.8. The maximum absolute atomic E-state index is 13.1. The molecule has 1 fully saturated rings. The molecule has 0 saturated carbocycles. The van der Waals surface area contributed by atoms with E-state index in [0.717, 1.165) is 12.1 Å². The second kappa shape index (κ2) is 6.08. The van der Waals surface area contributed by atoms with Gasteiger partial charge in [-0.05, 0) is 17.7 Å². The largest absolute Gasteiger partial charge is 0.467 e. The quantitative estimate of drug-likeness (QED) is 0.778. The second-order valence-electron chi connectivity index (χ2n) is 4.37. The molecular weight excluding hydrogens is 256 g/mol. The molecule has 1 unspecified atom stereocenters. The second-order valence-corrected chi connectivity index (χ2v) is 4.37. The van der Waals surface area contributed by atoms with Gasteiger partial charge in [-0.25, -0.2) is 13.6 Å². The van der Waals surface area contributed by atoms with Crippen LogP contribution in [-0.2, 0) is 20.8 Å². The van der Waals surface area contributed by atoms with E-state index in [1.54, 1.807) is 0 Å². The van der Waals surface area contributed by atoms with Crippen LogP contribution in [0.15, 0.2) is 18.2 Å². The molecule has 1 aromatic rings. The molecular formula is C13H15F2NO3. The van der Waals surface area contributed by atoms with Crippen molar-refractivity contribution in [3.05, 3.63) is 35.4 Å². The van der Waals surface area contributed by atoms with Crippen molar-refractivity contribution in [1.82, 2.24) is 4.90 Å². The number of carbonyl (C=O) groups is 1. The van der Waals surface area contributed by atoms with Gasteiger partial charge in [-0.1, -0.05) is 6.07 Å². The Balaban J connectivity index is 1.98. The summed E-state index contributed by atoms with van der Waals surface area (Å²) in [5.41, 5.74) is 0.657. The Morgan fingerprint density at radius 3 is 2.95 bits per heavy atom. The Labute approximate surface area is 109 Å². The average molecular weight is 271 g/mol. The third-order valence-electron chi connectivity index (χ3n) is 3.00. The topological polar surface area (TPSA) is 38.8 Å². The van der Waals surface area contributed by atoms with Crippen LogP contribution in [0.2, 0.25) is 0 Å². The predicted molar refractivity (Wildman–Crippen MR) is 63.4 cm³/mol. The van der Waals surface area contributed by atoms with E-state index < -0.39 is 23.7 Å². The number of hydrogen-bond donors (Lipinski definition) is 0. The van der Waals surface area contributed by atoms with E-state index >= 15 is 0 Å². The molecule has 0 radical (unpaired) electrons. The third-order valence-corrected chi connectivity index (χ3v) is 3.00. The van der Waals surface area contributed by atoms with Crippen LogP contribution < -0.4 is 0 Å². The summed E-state index contributed by atoms with van der Waals surface area (Å²) in [6, 6.07) is 3.79. The van der Waals surface area contributed by atoms with Gasteiger partial charge in [-0.3, -0.25) is 4.90 Å². The van der Waals surface area contributed by atoms with E-state index in [2.05, 4.69) is 4.74 Å². The molecule has 0 aromatic heterocycles. The first-order valence-electron chi connectivity index (χ1n) is 5.96. The number of methoxy groups -OCH3 is 1. The standard InChI is InChI=1S/C13H15F2NO3/c1-18-13(17)12-8-16(4-5-19-12)7-9-2-3-10(14)11(15)6-9/h2-3,6,12H,4-5,7-8H2,1H3. The van der Waals surface area contributed by atoms with Gasteiger partial charge in [-0.15, -0.1) is 0 Å². The zero-order valence-corrected chi connectivity index (χ0v) is 10.6. The lowest BCUT2D eigenvalue weighted by molar-refractivity contribution is -0.160. The molecule has 1 aromatic carbocycles. The van der Waals surface area contributed by atoms with Gasteiger partial charge in [0.2, 0.25) is 0 Å². The SMILES string of the molecule is COC(=O)C1CN(Cc2ccc(F)c(F)c2)CCO1. The third kappa shape index (κ3) is 3.48. The van der Waals surface area contributed by atoms with E-state index in [4.69, 9.17) is 4.74 Å². The normalized spacial score (nSPS) is 20.3. The molecule has 6 heteroatoms. The molecule has 0 bridgehead atoms. The number of halogens is 2. The van der Waals surface area contributed by atoms with Gasteiger partial charge in [-0.2, -0.15) is 0 Å². The summed E-state index contributed by atoms with van der Waals surface area (Å²) in [7, 11) is 1.31. The van der Waals surface area contributed by atoms with Gasteiger partial charge in [0, 0.05) is 19.6 Å². The van der Waals surface area contributed by atoms with Crippen LogP contribution in [0, 0.1) is 11.6 Å². The molecule has 1 saturated heterocycles. The van der Waals surface area contributed by atoms with Crippen molar-refractivity contribution in [2.75, 3.05) is 26.8 Å². The fourth-order valence-electron chi connectivity index (χ4n) is 2.02. The molecule has 0 amide bonds. The first-order valence-corrected chi connectivity index (χ1v) is 5.96. The van der Waals surface area contributed by atoms with E-state index in [9.17, 15) is 13.6 Å². The van der Waals surface area contributed by atoms with Crippen molar-refractivity contribution >= 4 is 5.97 Å². The molecule has 0 aliphatic carbocycles. The Bertz CT molecular complexity index is 467. The summed E-state index contributed by atoms with van der Waals surface area (Å²) in [4.78, 5) is 13.3. The fraction of sp³-hybridized carbons (Fsp3) is 0.462. The van der Waals surface area contributed by atoms with Crippen LogP contribution in [0.4, 0.5) is 8.78 Å². The van der Waals surface area contributed by atoms with Crippen molar-refractivity contribution in [1.29, 1.82) is 0 Å². The minimum Gasteiger partial charge on any atom is -0.467 e. The van der Waals surface area contributed by atoms with Crippen LogP contribution in [-0.4, -0.2) is 43.8 Å². The van der Waals surface area contributed by atoms with Crippen LogP contribution in [0.25, 0.3) is 0 Å². The highest BCUT2D eigenvalue weighted by Gasteiger charge is 2.27. The van der Waals surface area contributed by atoms with Gasteiger partial charge in [0.05, 0.1) is 13.7 Å².